The van der Waals surface area contributed by atoms with Crippen molar-refractivity contribution in [3.8, 4) is 11.5 Å². The van der Waals surface area contributed by atoms with Gasteiger partial charge in [-0.25, -0.2) is 9.97 Å². The molecular weight excluding hydrogens is 486 g/mol. The highest BCUT2D eigenvalue weighted by Gasteiger charge is 2.30. The molecule has 5 aromatic rings. The minimum Gasteiger partial charge on any atom is -0.358 e. The van der Waals surface area contributed by atoms with Gasteiger partial charge in [0, 0.05) is 35.4 Å². The number of benzene rings is 2. The molecule has 1 aliphatic heterocycles. The summed E-state index contributed by atoms with van der Waals surface area (Å²) < 4.78 is 1.16. The van der Waals surface area contributed by atoms with E-state index in [4.69, 9.17) is 16.6 Å². The van der Waals surface area contributed by atoms with Gasteiger partial charge in [-0.2, -0.15) is 0 Å². The van der Waals surface area contributed by atoms with E-state index in [0.29, 0.717) is 18.0 Å². The average Bonchev–Trinajstić information content (AvgIpc) is 3.57. The van der Waals surface area contributed by atoms with Crippen molar-refractivity contribution < 1.29 is 4.79 Å². The molecule has 6 nitrogen and oxygen atoms in total. The summed E-state index contributed by atoms with van der Waals surface area (Å²) in [5, 5.41) is 4.96. The lowest BCUT2D eigenvalue weighted by atomic mass is 10.1. The number of amides is 1. The fraction of sp³-hybridized carbons (Fsp3) is 0.240. The third-order valence-corrected chi connectivity index (χ3v) is 8.49. The lowest BCUT2D eigenvalue weighted by Crippen LogP contribution is -2.54. The van der Waals surface area contributed by atoms with Gasteiger partial charge >= 0.3 is 0 Å². The largest absolute Gasteiger partial charge is 0.358 e. The number of piperazine rings is 1. The number of aromatic amines is 1. The molecule has 1 N–H and O–H groups in total. The van der Waals surface area contributed by atoms with Crippen molar-refractivity contribution in [3.63, 3.8) is 0 Å². The number of nitrogens with zero attached hydrogens (tertiary/aromatic N) is 4. The predicted molar refractivity (Wildman–Crippen MR) is 141 cm³/mol. The van der Waals surface area contributed by atoms with Gasteiger partial charge in [-0.05, 0) is 53.6 Å². The van der Waals surface area contributed by atoms with Gasteiger partial charge in [-0.1, -0.05) is 23.7 Å². The van der Waals surface area contributed by atoms with Crippen LogP contribution in [0.3, 0.4) is 0 Å². The van der Waals surface area contributed by atoms with Crippen molar-refractivity contribution in [3.05, 3.63) is 63.9 Å². The first-order chi connectivity index (χ1) is 16.6. The van der Waals surface area contributed by atoms with Crippen LogP contribution in [0.5, 0.6) is 0 Å². The van der Waals surface area contributed by atoms with Crippen molar-refractivity contribution in [1.82, 2.24) is 19.9 Å². The van der Waals surface area contributed by atoms with Gasteiger partial charge in [-0.15, -0.1) is 22.7 Å². The van der Waals surface area contributed by atoms with E-state index >= 15 is 0 Å². The Bertz CT molecular complexity index is 1470. The van der Waals surface area contributed by atoms with Crippen LogP contribution in [-0.4, -0.2) is 51.4 Å². The highest BCUT2D eigenvalue weighted by atomic mass is 35.5. The summed E-state index contributed by atoms with van der Waals surface area (Å²) in [7, 11) is 0. The van der Waals surface area contributed by atoms with Gasteiger partial charge in [0.15, 0.2) is 5.82 Å². The predicted octanol–water partition coefficient (Wildman–Crippen LogP) is 5.83. The molecule has 4 heterocycles. The van der Waals surface area contributed by atoms with E-state index in [2.05, 4.69) is 27.2 Å². The molecule has 34 heavy (non-hydrogen) atoms. The van der Waals surface area contributed by atoms with Crippen LogP contribution in [-0.2, 0) is 11.2 Å². The second-order valence-corrected chi connectivity index (χ2v) is 10.7. The maximum Gasteiger partial charge on any atom is 0.227 e. The lowest BCUT2D eigenvalue weighted by molar-refractivity contribution is -0.132. The SMILES string of the molecule is CC1CN(c2scnc2-c2nc3ccccc3[nH]2)CCN1C(=O)Cc1csc2ccc(Cl)cc12. The fourth-order valence-corrected chi connectivity index (χ4v) is 6.61. The molecule has 0 aliphatic carbocycles. The molecule has 1 fully saturated rings. The van der Waals surface area contributed by atoms with Crippen LogP contribution in [0.25, 0.3) is 32.6 Å². The number of carbonyl (C=O) groups excluding carboxylic acids is 1. The van der Waals surface area contributed by atoms with E-state index < -0.39 is 0 Å². The Balaban J connectivity index is 1.18. The number of rotatable bonds is 4. The minimum atomic E-state index is 0.0976. The van der Waals surface area contributed by atoms with Crippen LogP contribution in [0.15, 0.2) is 53.4 Å². The van der Waals surface area contributed by atoms with E-state index in [1.807, 2.05) is 52.9 Å². The molecule has 9 heteroatoms. The molecule has 0 bridgehead atoms. The maximum absolute atomic E-state index is 13.2. The third kappa shape index (κ3) is 3.85. The quantitative estimate of drug-likeness (QED) is 0.332. The molecule has 3 aromatic heterocycles. The van der Waals surface area contributed by atoms with Crippen LogP contribution >= 0.6 is 34.3 Å². The van der Waals surface area contributed by atoms with Crippen LogP contribution in [0.2, 0.25) is 5.02 Å². The molecule has 6 rings (SSSR count). The molecule has 1 atom stereocenters. The molecule has 0 saturated carbocycles. The number of fused-ring (bicyclic) bond motifs is 2. The van der Waals surface area contributed by atoms with Gasteiger partial charge in [-0.3, -0.25) is 4.79 Å². The number of anilines is 1. The monoisotopic (exact) mass is 507 g/mol. The second kappa shape index (κ2) is 8.69. The third-order valence-electron chi connectivity index (χ3n) is 6.35. The summed E-state index contributed by atoms with van der Waals surface area (Å²) in [6, 6.07) is 14.0. The Morgan fingerprint density at radius 2 is 2.09 bits per heavy atom. The molecule has 1 amide bonds. The van der Waals surface area contributed by atoms with Crippen molar-refractivity contribution >= 4 is 66.3 Å². The zero-order chi connectivity index (χ0) is 23.2. The van der Waals surface area contributed by atoms with E-state index in [0.717, 1.165) is 56.3 Å². The number of H-pyrrole nitrogens is 1. The molecule has 0 radical (unpaired) electrons. The minimum absolute atomic E-state index is 0.0976. The molecule has 1 saturated heterocycles. The number of carbonyl (C=O) groups is 1. The Morgan fingerprint density at radius 3 is 2.94 bits per heavy atom. The number of para-hydroxylation sites is 2. The smallest absolute Gasteiger partial charge is 0.227 e. The van der Waals surface area contributed by atoms with E-state index in [1.165, 1.54) is 0 Å². The zero-order valence-corrected chi connectivity index (χ0v) is 20.9. The second-order valence-electron chi connectivity index (χ2n) is 8.57. The maximum atomic E-state index is 13.2. The average molecular weight is 508 g/mol. The van der Waals surface area contributed by atoms with Gasteiger partial charge in [0.25, 0.3) is 0 Å². The Labute approximate surface area is 209 Å². The Hall–Kier alpha value is -2.94. The van der Waals surface area contributed by atoms with Crippen LogP contribution in [0, 0.1) is 0 Å². The van der Waals surface area contributed by atoms with Crippen LogP contribution < -0.4 is 4.90 Å². The summed E-state index contributed by atoms with van der Waals surface area (Å²) in [6.07, 6.45) is 0.398. The summed E-state index contributed by atoms with van der Waals surface area (Å²) in [5.74, 6) is 0.945. The van der Waals surface area contributed by atoms with E-state index in [1.54, 1.807) is 22.7 Å². The number of thiophene rings is 1. The summed E-state index contributed by atoms with van der Waals surface area (Å²) in [6.45, 7) is 4.33. The molecule has 1 unspecified atom stereocenters. The highest BCUT2D eigenvalue weighted by molar-refractivity contribution is 7.17. The number of halogens is 1. The first-order valence-electron chi connectivity index (χ1n) is 11.2. The van der Waals surface area contributed by atoms with Gasteiger partial charge in [0.2, 0.25) is 5.91 Å². The molecule has 172 valence electrons. The number of imidazole rings is 1. The first kappa shape index (κ1) is 21.6. The number of hydrogen-bond acceptors (Lipinski definition) is 6. The van der Waals surface area contributed by atoms with E-state index in [9.17, 15) is 4.79 Å². The zero-order valence-electron chi connectivity index (χ0n) is 18.5. The number of nitrogens with one attached hydrogen (secondary N) is 1. The number of aromatic nitrogens is 3. The van der Waals surface area contributed by atoms with Crippen molar-refractivity contribution in [1.29, 1.82) is 0 Å². The number of thiazole rings is 1. The van der Waals surface area contributed by atoms with Crippen molar-refractivity contribution in [2.45, 2.75) is 19.4 Å². The standard InChI is InChI=1S/C25H22ClN5OS2/c1-15-12-30(25-23(27-14-34-25)24-28-19-4-2-3-5-20(19)29-24)8-9-31(15)22(32)10-16-13-33-21-7-6-17(26)11-18(16)21/h2-7,11,13-15H,8-10,12H2,1H3,(H,28,29). The molecule has 0 spiro atoms. The topological polar surface area (TPSA) is 65.1 Å². The summed E-state index contributed by atoms with van der Waals surface area (Å²) >= 11 is 9.47. The summed E-state index contributed by atoms with van der Waals surface area (Å²) in [5.41, 5.74) is 5.73. The van der Waals surface area contributed by atoms with Gasteiger partial charge < -0.3 is 14.8 Å². The van der Waals surface area contributed by atoms with Crippen molar-refractivity contribution in [2.75, 3.05) is 24.5 Å². The van der Waals surface area contributed by atoms with Gasteiger partial charge in [0.1, 0.15) is 10.7 Å². The van der Waals surface area contributed by atoms with Gasteiger partial charge in [0.05, 0.1) is 23.0 Å². The molecule has 2 aromatic carbocycles. The fourth-order valence-electron chi connectivity index (χ4n) is 4.66. The van der Waals surface area contributed by atoms with Crippen molar-refractivity contribution in [2.24, 2.45) is 0 Å². The molecular formula is C25H22ClN5OS2. The molecule has 1 aliphatic rings. The Kier molecular flexibility index (Phi) is 5.51. The highest BCUT2D eigenvalue weighted by Crippen LogP contribution is 2.35. The van der Waals surface area contributed by atoms with Crippen LogP contribution in [0.4, 0.5) is 5.00 Å². The van der Waals surface area contributed by atoms with E-state index in [-0.39, 0.29) is 11.9 Å². The lowest BCUT2D eigenvalue weighted by Gasteiger charge is -2.40. The first-order valence-corrected chi connectivity index (χ1v) is 13.3. The Morgan fingerprint density at radius 1 is 1.21 bits per heavy atom. The number of hydrogen-bond donors (Lipinski definition) is 1. The normalized spacial score (nSPS) is 16.6. The van der Waals surface area contributed by atoms with Crippen LogP contribution in [0.1, 0.15) is 12.5 Å². The summed E-state index contributed by atoms with van der Waals surface area (Å²) in [4.78, 5) is 30.3.